The summed E-state index contributed by atoms with van der Waals surface area (Å²) in [6.07, 6.45) is 5.96. The maximum atomic E-state index is 10.8. The van der Waals surface area contributed by atoms with Crippen molar-refractivity contribution in [2.24, 2.45) is 23.5 Å². The van der Waals surface area contributed by atoms with E-state index < -0.39 is 5.97 Å². The third-order valence-electron chi connectivity index (χ3n) is 3.28. The highest BCUT2D eigenvalue weighted by atomic mass is 16.4. The molecule has 0 radical (unpaired) electrons. The summed E-state index contributed by atoms with van der Waals surface area (Å²) in [6, 6.07) is 0. The van der Waals surface area contributed by atoms with Crippen LogP contribution in [0.3, 0.4) is 0 Å². The molecule has 0 aromatic carbocycles. The van der Waals surface area contributed by atoms with E-state index in [0.29, 0.717) is 5.92 Å². The molecule has 1 aliphatic carbocycles. The first-order chi connectivity index (χ1) is 6.63. The van der Waals surface area contributed by atoms with Gasteiger partial charge in [-0.05, 0) is 24.7 Å². The van der Waals surface area contributed by atoms with Gasteiger partial charge in [0.25, 0.3) is 0 Å². The Labute approximate surface area is 85.7 Å². The molecule has 1 rings (SSSR count). The van der Waals surface area contributed by atoms with E-state index in [-0.39, 0.29) is 12.5 Å². The Morgan fingerprint density at radius 3 is 2.57 bits per heavy atom. The SMILES string of the molecule is CC(CC1CCC1)CC(CN)C(=O)O. The Bertz CT molecular complexity index is 190. The minimum absolute atomic E-state index is 0.268. The molecule has 3 heteroatoms. The summed E-state index contributed by atoms with van der Waals surface area (Å²) >= 11 is 0. The third-order valence-corrected chi connectivity index (χ3v) is 3.28. The van der Waals surface area contributed by atoms with Gasteiger partial charge in [0.1, 0.15) is 0 Å². The van der Waals surface area contributed by atoms with Gasteiger partial charge < -0.3 is 10.8 Å². The number of carboxylic acid groups (broad SMARTS) is 1. The normalized spacial score (nSPS) is 21.3. The van der Waals surface area contributed by atoms with Gasteiger partial charge in [-0.2, -0.15) is 0 Å². The molecule has 1 aliphatic rings. The van der Waals surface area contributed by atoms with Crippen molar-refractivity contribution >= 4 is 5.97 Å². The topological polar surface area (TPSA) is 63.3 Å². The summed E-state index contributed by atoms with van der Waals surface area (Å²) in [5, 5.41) is 8.85. The number of hydrogen-bond donors (Lipinski definition) is 2. The molecule has 3 nitrogen and oxygen atoms in total. The first kappa shape index (κ1) is 11.5. The molecule has 3 N–H and O–H groups in total. The van der Waals surface area contributed by atoms with Crippen LogP contribution in [0.4, 0.5) is 0 Å². The molecular formula is C11H21NO2. The van der Waals surface area contributed by atoms with Crippen LogP contribution in [0, 0.1) is 17.8 Å². The van der Waals surface area contributed by atoms with E-state index in [0.717, 1.165) is 12.3 Å². The second kappa shape index (κ2) is 5.35. The first-order valence-electron chi connectivity index (χ1n) is 5.56. The van der Waals surface area contributed by atoms with Crippen LogP contribution >= 0.6 is 0 Å². The molecule has 14 heavy (non-hydrogen) atoms. The van der Waals surface area contributed by atoms with Crippen molar-refractivity contribution in [3.05, 3.63) is 0 Å². The van der Waals surface area contributed by atoms with Gasteiger partial charge >= 0.3 is 5.97 Å². The first-order valence-corrected chi connectivity index (χ1v) is 5.56. The molecule has 0 aromatic rings. The Kier molecular flexibility index (Phi) is 4.39. The summed E-state index contributed by atoms with van der Waals surface area (Å²) in [5.41, 5.74) is 5.42. The van der Waals surface area contributed by atoms with E-state index in [9.17, 15) is 4.79 Å². The maximum Gasteiger partial charge on any atom is 0.307 e. The minimum Gasteiger partial charge on any atom is -0.481 e. The quantitative estimate of drug-likeness (QED) is 0.686. The Balaban J connectivity index is 2.22. The average Bonchev–Trinajstić information content (AvgIpc) is 2.07. The van der Waals surface area contributed by atoms with Crippen molar-refractivity contribution < 1.29 is 9.90 Å². The second-order valence-corrected chi connectivity index (χ2v) is 4.64. The molecule has 0 saturated heterocycles. The van der Waals surface area contributed by atoms with Gasteiger partial charge in [0.2, 0.25) is 0 Å². The molecule has 0 aliphatic heterocycles. The van der Waals surface area contributed by atoms with E-state index in [4.69, 9.17) is 10.8 Å². The molecule has 2 unspecified atom stereocenters. The Hall–Kier alpha value is -0.570. The van der Waals surface area contributed by atoms with Crippen molar-refractivity contribution in [2.75, 3.05) is 6.54 Å². The summed E-state index contributed by atoms with van der Waals surface area (Å²) in [4.78, 5) is 10.8. The molecule has 1 saturated carbocycles. The van der Waals surface area contributed by atoms with E-state index in [1.807, 2.05) is 0 Å². The van der Waals surface area contributed by atoms with Gasteiger partial charge in [-0.25, -0.2) is 0 Å². The fraction of sp³-hybridized carbons (Fsp3) is 0.909. The summed E-state index contributed by atoms with van der Waals surface area (Å²) in [6.45, 7) is 2.41. The monoisotopic (exact) mass is 199 g/mol. The second-order valence-electron chi connectivity index (χ2n) is 4.64. The molecule has 2 atom stereocenters. The van der Waals surface area contributed by atoms with Crippen molar-refractivity contribution in [2.45, 2.75) is 39.0 Å². The zero-order valence-electron chi connectivity index (χ0n) is 8.91. The fourth-order valence-electron chi connectivity index (χ4n) is 2.18. The highest BCUT2D eigenvalue weighted by Crippen LogP contribution is 2.33. The van der Waals surface area contributed by atoms with Crippen LogP contribution in [0.1, 0.15) is 39.0 Å². The molecule has 1 fully saturated rings. The molecule has 0 amide bonds. The van der Waals surface area contributed by atoms with E-state index in [1.54, 1.807) is 0 Å². The van der Waals surface area contributed by atoms with Crippen molar-refractivity contribution in [3.63, 3.8) is 0 Å². The van der Waals surface area contributed by atoms with E-state index in [1.165, 1.54) is 25.7 Å². The minimum atomic E-state index is -0.743. The number of carbonyl (C=O) groups is 1. The van der Waals surface area contributed by atoms with Crippen LogP contribution in [-0.4, -0.2) is 17.6 Å². The zero-order chi connectivity index (χ0) is 10.6. The third kappa shape index (κ3) is 3.29. The van der Waals surface area contributed by atoms with Crippen molar-refractivity contribution in [3.8, 4) is 0 Å². The van der Waals surface area contributed by atoms with Crippen molar-refractivity contribution in [1.82, 2.24) is 0 Å². The maximum absolute atomic E-state index is 10.8. The predicted molar refractivity (Wildman–Crippen MR) is 55.9 cm³/mol. The highest BCUT2D eigenvalue weighted by Gasteiger charge is 2.23. The molecule has 0 spiro atoms. The van der Waals surface area contributed by atoms with Crippen LogP contribution in [0.25, 0.3) is 0 Å². The lowest BCUT2D eigenvalue weighted by Crippen LogP contribution is -2.26. The van der Waals surface area contributed by atoms with Crippen LogP contribution in [0.5, 0.6) is 0 Å². The van der Waals surface area contributed by atoms with E-state index in [2.05, 4.69) is 6.92 Å². The van der Waals surface area contributed by atoms with Crippen LogP contribution < -0.4 is 5.73 Å². The average molecular weight is 199 g/mol. The number of carboxylic acids is 1. The fourth-order valence-corrected chi connectivity index (χ4v) is 2.18. The molecule has 0 aromatic heterocycles. The number of aliphatic carboxylic acids is 1. The zero-order valence-corrected chi connectivity index (χ0v) is 8.91. The van der Waals surface area contributed by atoms with Crippen LogP contribution in [0.2, 0.25) is 0 Å². The van der Waals surface area contributed by atoms with Gasteiger partial charge in [0, 0.05) is 6.54 Å². The Morgan fingerprint density at radius 1 is 1.57 bits per heavy atom. The largest absolute Gasteiger partial charge is 0.481 e. The molecule has 82 valence electrons. The predicted octanol–water partition coefficient (Wildman–Crippen LogP) is 1.86. The van der Waals surface area contributed by atoms with Gasteiger partial charge in [-0.15, -0.1) is 0 Å². The summed E-state index contributed by atoms with van der Waals surface area (Å²) < 4.78 is 0. The molecular weight excluding hydrogens is 178 g/mol. The molecule has 0 bridgehead atoms. The lowest BCUT2D eigenvalue weighted by atomic mass is 9.77. The highest BCUT2D eigenvalue weighted by molar-refractivity contribution is 5.70. The van der Waals surface area contributed by atoms with Gasteiger partial charge in [-0.1, -0.05) is 26.2 Å². The van der Waals surface area contributed by atoms with Gasteiger partial charge in [0.05, 0.1) is 5.92 Å². The smallest absolute Gasteiger partial charge is 0.307 e. The van der Waals surface area contributed by atoms with Gasteiger partial charge in [0.15, 0.2) is 0 Å². The number of hydrogen-bond acceptors (Lipinski definition) is 2. The van der Waals surface area contributed by atoms with Crippen LogP contribution in [-0.2, 0) is 4.79 Å². The van der Waals surface area contributed by atoms with Gasteiger partial charge in [-0.3, -0.25) is 4.79 Å². The number of nitrogens with two attached hydrogens (primary N) is 1. The lowest BCUT2D eigenvalue weighted by molar-refractivity contribution is -0.142. The molecule has 0 heterocycles. The lowest BCUT2D eigenvalue weighted by Gasteiger charge is -2.28. The summed E-state index contributed by atoms with van der Waals surface area (Å²) in [7, 11) is 0. The standard InChI is InChI=1S/C11H21NO2/c1-8(5-9-3-2-4-9)6-10(7-12)11(13)14/h8-10H,2-7,12H2,1H3,(H,13,14). The summed E-state index contributed by atoms with van der Waals surface area (Å²) in [5.74, 6) is 0.278. The van der Waals surface area contributed by atoms with Crippen LogP contribution in [0.15, 0.2) is 0 Å². The van der Waals surface area contributed by atoms with E-state index >= 15 is 0 Å². The Morgan fingerprint density at radius 2 is 2.21 bits per heavy atom. The van der Waals surface area contributed by atoms with Crippen molar-refractivity contribution in [1.29, 1.82) is 0 Å². The number of rotatable bonds is 6.